The van der Waals surface area contributed by atoms with Crippen LogP contribution in [0, 0.1) is 5.92 Å². The predicted molar refractivity (Wildman–Crippen MR) is 145 cm³/mol. The monoisotopic (exact) mass is 478 g/mol. The molecule has 5 heteroatoms. The van der Waals surface area contributed by atoms with Crippen LogP contribution in [0.25, 0.3) is 10.8 Å². The maximum Gasteiger partial charge on any atom is 0.229 e. The number of nitrogens with one attached hydrogen (secondary N) is 1. The summed E-state index contributed by atoms with van der Waals surface area (Å²) in [5.74, 6) is 0.951. The molecule has 0 aromatic heterocycles. The zero-order chi connectivity index (χ0) is 25.1. The Morgan fingerprint density at radius 2 is 1.56 bits per heavy atom. The number of aryl methyl sites for hydroxylation is 2. The number of carbonyl (C=O) groups is 2. The molecule has 1 fully saturated rings. The van der Waals surface area contributed by atoms with Crippen molar-refractivity contribution in [2.75, 3.05) is 16.8 Å². The average molecular weight is 479 g/mol. The molecule has 1 N–H and O–H groups in total. The van der Waals surface area contributed by atoms with E-state index in [1.54, 1.807) is 0 Å². The molecule has 5 nitrogen and oxygen atoms in total. The molecular formula is C31H30N2O3. The Balaban J connectivity index is 1.26. The quantitative estimate of drug-likeness (QED) is 0.320. The normalized spacial score (nSPS) is 15.3. The van der Waals surface area contributed by atoms with Crippen LogP contribution < -0.4 is 15.0 Å². The molecule has 5 rings (SSSR count). The van der Waals surface area contributed by atoms with E-state index in [0.29, 0.717) is 18.0 Å². The zero-order valence-electron chi connectivity index (χ0n) is 20.7. The van der Waals surface area contributed by atoms with Gasteiger partial charge in [0.1, 0.15) is 11.5 Å². The Morgan fingerprint density at radius 1 is 0.889 bits per heavy atom. The summed E-state index contributed by atoms with van der Waals surface area (Å²) in [6, 6.07) is 27.6. The smallest absolute Gasteiger partial charge is 0.229 e. The average Bonchev–Trinajstić information content (AvgIpc) is 3.30. The number of benzene rings is 4. The van der Waals surface area contributed by atoms with E-state index in [-0.39, 0.29) is 18.2 Å². The number of rotatable bonds is 7. The molecule has 1 aliphatic heterocycles. The lowest BCUT2D eigenvalue weighted by Crippen LogP contribution is -2.29. The minimum Gasteiger partial charge on any atom is -0.457 e. The summed E-state index contributed by atoms with van der Waals surface area (Å²) in [5, 5.41) is 5.14. The molecule has 2 amide bonds. The molecule has 1 heterocycles. The van der Waals surface area contributed by atoms with Crippen LogP contribution in [0.3, 0.4) is 0 Å². The van der Waals surface area contributed by atoms with Gasteiger partial charge in [-0.2, -0.15) is 0 Å². The van der Waals surface area contributed by atoms with Gasteiger partial charge in [-0.05, 0) is 59.7 Å². The van der Waals surface area contributed by atoms with Crippen molar-refractivity contribution < 1.29 is 14.3 Å². The number of nitrogens with zero attached hydrogens (tertiary/aromatic N) is 1. The first kappa shape index (κ1) is 23.6. The molecule has 0 unspecified atom stereocenters. The van der Waals surface area contributed by atoms with Crippen LogP contribution >= 0.6 is 0 Å². The molecule has 0 radical (unpaired) electrons. The minimum atomic E-state index is -0.390. The van der Waals surface area contributed by atoms with Gasteiger partial charge in [-0.1, -0.05) is 68.4 Å². The third-order valence-electron chi connectivity index (χ3n) is 6.83. The maximum absolute atomic E-state index is 13.0. The molecule has 1 aliphatic rings. The summed E-state index contributed by atoms with van der Waals surface area (Å²) in [6.07, 6.45) is 1.91. The predicted octanol–water partition coefficient (Wildman–Crippen LogP) is 6.75. The van der Waals surface area contributed by atoms with Crippen LogP contribution in [0.4, 0.5) is 11.4 Å². The van der Waals surface area contributed by atoms with Crippen molar-refractivity contribution in [2.45, 2.75) is 33.1 Å². The molecule has 0 aliphatic carbocycles. The third-order valence-corrected chi connectivity index (χ3v) is 6.83. The summed E-state index contributed by atoms with van der Waals surface area (Å²) < 4.78 is 6.11. The summed E-state index contributed by atoms with van der Waals surface area (Å²) in [6.45, 7) is 4.59. The Labute approximate surface area is 211 Å². The number of carbonyl (C=O) groups excluding carboxylic acids is 2. The molecule has 1 saturated heterocycles. The fourth-order valence-corrected chi connectivity index (χ4v) is 4.92. The van der Waals surface area contributed by atoms with Gasteiger partial charge < -0.3 is 15.0 Å². The summed E-state index contributed by atoms with van der Waals surface area (Å²) >= 11 is 0. The van der Waals surface area contributed by atoms with Crippen molar-refractivity contribution in [1.29, 1.82) is 0 Å². The summed E-state index contributed by atoms with van der Waals surface area (Å²) in [4.78, 5) is 27.8. The van der Waals surface area contributed by atoms with E-state index in [1.165, 1.54) is 0 Å². The topological polar surface area (TPSA) is 58.6 Å². The highest BCUT2D eigenvalue weighted by Gasteiger charge is 2.36. The lowest BCUT2D eigenvalue weighted by molar-refractivity contribution is -0.122. The van der Waals surface area contributed by atoms with E-state index in [9.17, 15) is 9.59 Å². The van der Waals surface area contributed by atoms with Crippen LogP contribution in [0.2, 0.25) is 0 Å². The number of fused-ring (bicyclic) bond motifs is 1. The van der Waals surface area contributed by atoms with E-state index in [0.717, 1.165) is 46.2 Å². The molecule has 36 heavy (non-hydrogen) atoms. The molecule has 0 spiro atoms. The van der Waals surface area contributed by atoms with Crippen LogP contribution in [0.5, 0.6) is 11.5 Å². The Hall–Kier alpha value is -4.12. The van der Waals surface area contributed by atoms with Crippen LogP contribution in [-0.4, -0.2) is 18.4 Å². The molecule has 182 valence electrons. The van der Waals surface area contributed by atoms with Gasteiger partial charge in [0.2, 0.25) is 11.8 Å². The van der Waals surface area contributed by atoms with Crippen molar-refractivity contribution in [1.82, 2.24) is 0 Å². The molecular weight excluding hydrogens is 448 g/mol. The largest absolute Gasteiger partial charge is 0.457 e. The number of hydrogen-bond donors (Lipinski definition) is 1. The first-order chi connectivity index (χ1) is 17.6. The van der Waals surface area contributed by atoms with E-state index in [1.807, 2.05) is 65.6 Å². The van der Waals surface area contributed by atoms with Gasteiger partial charge in [0.25, 0.3) is 0 Å². The zero-order valence-corrected chi connectivity index (χ0v) is 20.7. The van der Waals surface area contributed by atoms with Gasteiger partial charge in [0.15, 0.2) is 0 Å². The van der Waals surface area contributed by atoms with E-state index >= 15 is 0 Å². The van der Waals surface area contributed by atoms with Crippen molar-refractivity contribution in [2.24, 2.45) is 5.92 Å². The highest BCUT2D eigenvalue weighted by atomic mass is 16.5. The Kier molecular flexibility index (Phi) is 6.72. The standard InChI is InChI=1S/C31H30N2O3/c1-3-21-10-7-11-22(4-2)30(21)33-20-24(19-29(33)34)31(35)32-25-15-17-26(18-16-25)36-28-14-8-12-23-9-5-6-13-27(23)28/h5-18,24H,3-4,19-20H2,1-2H3,(H,32,35)/t24-/m1/s1. The molecule has 4 aromatic rings. The number of hydrogen-bond acceptors (Lipinski definition) is 3. The highest BCUT2D eigenvalue weighted by molar-refractivity contribution is 6.04. The van der Waals surface area contributed by atoms with E-state index < -0.39 is 5.92 Å². The molecule has 0 bridgehead atoms. The number of amides is 2. The lowest BCUT2D eigenvalue weighted by Gasteiger charge is -2.23. The molecule has 0 saturated carbocycles. The second kappa shape index (κ2) is 10.2. The van der Waals surface area contributed by atoms with Crippen molar-refractivity contribution in [3.05, 3.63) is 96.1 Å². The highest BCUT2D eigenvalue weighted by Crippen LogP contribution is 2.33. The summed E-state index contributed by atoms with van der Waals surface area (Å²) in [7, 11) is 0. The molecule has 1 atom stereocenters. The first-order valence-electron chi connectivity index (χ1n) is 12.5. The second-order valence-corrected chi connectivity index (χ2v) is 9.13. The summed E-state index contributed by atoms with van der Waals surface area (Å²) in [5.41, 5.74) is 3.95. The number of para-hydroxylation sites is 1. The fourth-order valence-electron chi connectivity index (χ4n) is 4.92. The van der Waals surface area contributed by atoms with Crippen LogP contribution in [0.1, 0.15) is 31.4 Å². The second-order valence-electron chi connectivity index (χ2n) is 9.13. The Bertz CT molecular complexity index is 1380. The Morgan fingerprint density at radius 3 is 2.28 bits per heavy atom. The molecule has 4 aromatic carbocycles. The number of ether oxygens (including phenoxy) is 1. The van der Waals surface area contributed by atoms with Gasteiger partial charge in [0, 0.05) is 29.7 Å². The fraction of sp³-hybridized carbons (Fsp3) is 0.226. The lowest BCUT2D eigenvalue weighted by atomic mass is 10.0. The minimum absolute atomic E-state index is 0.00425. The van der Waals surface area contributed by atoms with Gasteiger partial charge in [0.05, 0.1) is 5.92 Å². The van der Waals surface area contributed by atoms with Crippen molar-refractivity contribution >= 4 is 34.0 Å². The van der Waals surface area contributed by atoms with Gasteiger partial charge in [-0.3, -0.25) is 9.59 Å². The maximum atomic E-state index is 13.0. The van der Waals surface area contributed by atoms with Crippen LogP contribution in [-0.2, 0) is 22.4 Å². The van der Waals surface area contributed by atoms with Gasteiger partial charge in [-0.15, -0.1) is 0 Å². The van der Waals surface area contributed by atoms with Crippen molar-refractivity contribution in [3.63, 3.8) is 0 Å². The van der Waals surface area contributed by atoms with Gasteiger partial charge in [-0.25, -0.2) is 0 Å². The van der Waals surface area contributed by atoms with E-state index in [4.69, 9.17) is 4.74 Å². The SMILES string of the molecule is CCc1cccc(CC)c1N1C[C@H](C(=O)Nc2ccc(Oc3cccc4ccccc34)cc2)CC1=O. The van der Waals surface area contributed by atoms with Crippen molar-refractivity contribution in [3.8, 4) is 11.5 Å². The third kappa shape index (κ3) is 4.69. The van der Waals surface area contributed by atoms with Crippen LogP contribution in [0.15, 0.2) is 84.9 Å². The first-order valence-corrected chi connectivity index (χ1v) is 12.5. The van der Waals surface area contributed by atoms with Gasteiger partial charge >= 0.3 is 0 Å². The number of anilines is 2. The van der Waals surface area contributed by atoms with E-state index in [2.05, 4.69) is 43.4 Å².